The van der Waals surface area contributed by atoms with Gasteiger partial charge in [0.2, 0.25) is 0 Å². The minimum atomic E-state index is 0.198. The van der Waals surface area contributed by atoms with Crippen molar-refractivity contribution in [1.29, 1.82) is 0 Å². The van der Waals surface area contributed by atoms with Crippen molar-refractivity contribution >= 4 is 11.3 Å². The van der Waals surface area contributed by atoms with Gasteiger partial charge in [-0.05, 0) is 59.2 Å². The molecular weight excluding hydrogens is 264 g/mol. The molecule has 0 saturated carbocycles. The van der Waals surface area contributed by atoms with E-state index in [0.29, 0.717) is 0 Å². The van der Waals surface area contributed by atoms with Crippen LogP contribution in [0, 0.1) is 0 Å². The van der Waals surface area contributed by atoms with Gasteiger partial charge in [-0.25, -0.2) is 0 Å². The molecule has 0 bridgehead atoms. The van der Waals surface area contributed by atoms with Crippen molar-refractivity contribution in [3.05, 3.63) is 21.9 Å². The molecule has 1 saturated heterocycles. The van der Waals surface area contributed by atoms with Crippen molar-refractivity contribution in [3.63, 3.8) is 0 Å². The van der Waals surface area contributed by atoms with Crippen LogP contribution in [0.15, 0.2) is 12.1 Å². The molecule has 1 aromatic rings. The molecule has 0 aliphatic carbocycles. The van der Waals surface area contributed by atoms with Crippen LogP contribution in [0.3, 0.4) is 0 Å². The van der Waals surface area contributed by atoms with Crippen LogP contribution >= 0.6 is 11.3 Å². The van der Waals surface area contributed by atoms with Crippen molar-refractivity contribution in [1.82, 2.24) is 10.2 Å². The smallest absolute Gasteiger partial charge is 0.0330 e. The SMILES string of the molecule is CC1CCCCCN1Cc1ccc(CNC(C)(C)C)s1. The third-order valence-corrected chi connectivity index (χ3v) is 5.13. The molecule has 1 atom stereocenters. The lowest BCUT2D eigenvalue weighted by Crippen LogP contribution is -2.34. The minimum Gasteiger partial charge on any atom is -0.307 e. The lowest BCUT2D eigenvalue weighted by molar-refractivity contribution is 0.207. The van der Waals surface area contributed by atoms with Crippen molar-refractivity contribution in [2.45, 2.75) is 78.0 Å². The van der Waals surface area contributed by atoms with Crippen LogP contribution < -0.4 is 5.32 Å². The molecule has 1 fully saturated rings. The van der Waals surface area contributed by atoms with E-state index in [4.69, 9.17) is 0 Å². The average molecular weight is 295 g/mol. The maximum absolute atomic E-state index is 3.57. The Morgan fingerprint density at radius 3 is 2.70 bits per heavy atom. The van der Waals surface area contributed by atoms with E-state index in [2.05, 4.69) is 50.0 Å². The first-order chi connectivity index (χ1) is 9.44. The Hall–Kier alpha value is -0.380. The summed E-state index contributed by atoms with van der Waals surface area (Å²) in [6.45, 7) is 12.5. The van der Waals surface area contributed by atoms with E-state index in [0.717, 1.165) is 19.1 Å². The quantitative estimate of drug-likeness (QED) is 0.885. The molecule has 1 aliphatic rings. The van der Waals surface area contributed by atoms with Crippen molar-refractivity contribution in [3.8, 4) is 0 Å². The van der Waals surface area contributed by atoms with Gasteiger partial charge in [0.15, 0.2) is 0 Å². The number of nitrogens with one attached hydrogen (secondary N) is 1. The Bertz CT molecular complexity index is 405. The van der Waals surface area contributed by atoms with Crippen LogP contribution in [0.2, 0.25) is 0 Å². The molecule has 1 aromatic heterocycles. The maximum Gasteiger partial charge on any atom is 0.0330 e. The molecule has 114 valence electrons. The monoisotopic (exact) mass is 294 g/mol. The molecule has 3 heteroatoms. The molecule has 0 radical (unpaired) electrons. The summed E-state index contributed by atoms with van der Waals surface area (Å²) in [5.74, 6) is 0. The lowest BCUT2D eigenvalue weighted by Gasteiger charge is -2.26. The predicted octanol–water partition coefficient (Wildman–Crippen LogP) is 4.40. The Labute approximate surface area is 128 Å². The fourth-order valence-electron chi connectivity index (χ4n) is 2.72. The molecule has 1 N–H and O–H groups in total. The van der Waals surface area contributed by atoms with E-state index in [1.54, 1.807) is 0 Å². The summed E-state index contributed by atoms with van der Waals surface area (Å²) in [5, 5.41) is 3.57. The minimum absolute atomic E-state index is 0.198. The zero-order valence-corrected chi connectivity index (χ0v) is 14.4. The molecule has 2 rings (SSSR count). The Morgan fingerprint density at radius 1 is 1.20 bits per heavy atom. The summed E-state index contributed by atoms with van der Waals surface area (Å²) in [6.07, 6.45) is 5.55. The van der Waals surface area contributed by atoms with Crippen LogP contribution in [-0.2, 0) is 13.1 Å². The maximum atomic E-state index is 3.57. The highest BCUT2D eigenvalue weighted by atomic mass is 32.1. The molecule has 20 heavy (non-hydrogen) atoms. The van der Waals surface area contributed by atoms with Crippen LogP contribution in [0.25, 0.3) is 0 Å². The van der Waals surface area contributed by atoms with Gasteiger partial charge in [0, 0.05) is 34.4 Å². The fraction of sp³-hybridized carbons (Fsp3) is 0.765. The topological polar surface area (TPSA) is 15.3 Å². The summed E-state index contributed by atoms with van der Waals surface area (Å²) < 4.78 is 0. The van der Waals surface area contributed by atoms with Crippen LogP contribution in [-0.4, -0.2) is 23.0 Å². The van der Waals surface area contributed by atoms with E-state index in [1.807, 2.05) is 11.3 Å². The summed E-state index contributed by atoms with van der Waals surface area (Å²) in [7, 11) is 0. The number of nitrogens with zero attached hydrogens (tertiary/aromatic N) is 1. The van der Waals surface area contributed by atoms with Crippen LogP contribution in [0.1, 0.15) is 63.1 Å². The third kappa shape index (κ3) is 5.19. The molecule has 1 aliphatic heterocycles. The first-order valence-electron chi connectivity index (χ1n) is 8.01. The fourth-order valence-corrected chi connectivity index (χ4v) is 3.71. The predicted molar refractivity (Wildman–Crippen MR) is 89.3 cm³/mol. The average Bonchev–Trinajstić information content (AvgIpc) is 2.71. The number of thiophene rings is 1. The van der Waals surface area contributed by atoms with Gasteiger partial charge >= 0.3 is 0 Å². The highest BCUT2D eigenvalue weighted by Crippen LogP contribution is 2.23. The van der Waals surface area contributed by atoms with E-state index in [1.165, 1.54) is 42.0 Å². The van der Waals surface area contributed by atoms with Gasteiger partial charge in [-0.1, -0.05) is 12.8 Å². The van der Waals surface area contributed by atoms with Crippen molar-refractivity contribution in [2.24, 2.45) is 0 Å². The van der Waals surface area contributed by atoms with Gasteiger partial charge in [0.25, 0.3) is 0 Å². The van der Waals surface area contributed by atoms with E-state index < -0.39 is 0 Å². The second-order valence-electron chi connectivity index (χ2n) is 7.14. The van der Waals surface area contributed by atoms with Gasteiger partial charge in [-0.15, -0.1) is 11.3 Å². The molecule has 0 aromatic carbocycles. The number of likely N-dealkylation sites (tertiary alicyclic amines) is 1. The number of hydrogen-bond acceptors (Lipinski definition) is 3. The summed E-state index contributed by atoms with van der Waals surface area (Å²) >= 11 is 1.97. The highest BCUT2D eigenvalue weighted by molar-refractivity contribution is 7.11. The Kier molecular flexibility index (Phi) is 5.65. The van der Waals surface area contributed by atoms with E-state index in [-0.39, 0.29) is 5.54 Å². The summed E-state index contributed by atoms with van der Waals surface area (Å²) in [4.78, 5) is 5.64. The first kappa shape index (κ1) is 16.0. The molecule has 2 heterocycles. The van der Waals surface area contributed by atoms with Gasteiger partial charge in [0.1, 0.15) is 0 Å². The molecule has 2 nitrogen and oxygen atoms in total. The number of rotatable bonds is 4. The lowest BCUT2D eigenvalue weighted by atomic mass is 10.1. The standard InChI is InChI=1S/C17H30N2S/c1-14-8-6-5-7-11-19(14)13-16-10-9-15(20-16)12-18-17(2,3)4/h9-10,14,18H,5-8,11-13H2,1-4H3. The van der Waals surface area contributed by atoms with Crippen molar-refractivity contribution in [2.75, 3.05) is 6.54 Å². The molecule has 0 amide bonds. The van der Waals surface area contributed by atoms with Gasteiger partial charge in [0.05, 0.1) is 0 Å². The summed E-state index contributed by atoms with van der Waals surface area (Å²) in [5.41, 5.74) is 0.198. The second-order valence-corrected chi connectivity index (χ2v) is 8.39. The third-order valence-electron chi connectivity index (χ3n) is 4.06. The Balaban J connectivity index is 1.88. The largest absolute Gasteiger partial charge is 0.307 e. The first-order valence-corrected chi connectivity index (χ1v) is 8.82. The van der Waals surface area contributed by atoms with E-state index >= 15 is 0 Å². The highest BCUT2D eigenvalue weighted by Gasteiger charge is 2.17. The zero-order valence-electron chi connectivity index (χ0n) is 13.5. The van der Waals surface area contributed by atoms with Crippen molar-refractivity contribution < 1.29 is 0 Å². The second kappa shape index (κ2) is 7.06. The zero-order chi connectivity index (χ0) is 14.6. The van der Waals surface area contributed by atoms with Crippen LogP contribution in [0.5, 0.6) is 0 Å². The summed E-state index contributed by atoms with van der Waals surface area (Å²) in [6, 6.07) is 5.36. The van der Waals surface area contributed by atoms with E-state index in [9.17, 15) is 0 Å². The Morgan fingerprint density at radius 2 is 1.95 bits per heavy atom. The van der Waals surface area contributed by atoms with Gasteiger partial charge in [-0.2, -0.15) is 0 Å². The molecule has 1 unspecified atom stereocenters. The van der Waals surface area contributed by atoms with Crippen LogP contribution in [0.4, 0.5) is 0 Å². The number of hydrogen-bond donors (Lipinski definition) is 1. The van der Waals surface area contributed by atoms with Gasteiger partial charge in [-0.3, -0.25) is 4.90 Å². The molecular formula is C17H30N2S. The normalized spacial score (nSPS) is 21.9. The molecule has 0 spiro atoms. The van der Waals surface area contributed by atoms with Gasteiger partial charge < -0.3 is 5.32 Å².